The molecule has 0 spiro atoms. The molecular weight excluding hydrogens is 186 g/mol. The highest BCUT2D eigenvalue weighted by Crippen LogP contribution is 2.25. The minimum Gasteiger partial charge on any atom is -0.493 e. The molecule has 2 nitrogen and oxygen atoms in total. The molecule has 0 amide bonds. The van der Waals surface area contributed by atoms with Crippen molar-refractivity contribution in [2.24, 2.45) is 0 Å². The molecule has 0 saturated carbocycles. The lowest BCUT2D eigenvalue weighted by Gasteiger charge is -2.14. The van der Waals surface area contributed by atoms with Crippen molar-refractivity contribution in [3.05, 3.63) is 28.8 Å². The lowest BCUT2D eigenvalue weighted by molar-refractivity contribution is 0.311. The average Bonchev–Trinajstić information content (AvgIpc) is 2.17. The molecule has 0 fully saturated rings. The zero-order valence-corrected chi connectivity index (χ0v) is 10.2. The Kier molecular flexibility index (Phi) is 4.63. The predicted molar refractivity (Wildman–Crippen MR) is 64.5 cm³/mol. The number of ether oxygens (including phenoxy) is 1. The summed E-state index contributed by atoms with van der Waals surface area (Å²) in [5.41, 5.74) is 3.78. The van der Waals surface area contributed by atoms with Gasteiger partial charge in [0.2, 0.25) is 0 Å². The van der Waals surface area contributed by atoms with Gasteiger partial charge in [-0.25, -0.2) is 0 Å². The van der Waals surface area contributed by atoms with Crippen molar-refractivity contribution in [2.45, 2.75) is 33.7 Å². The van der Waals surface area contributed by atoms with Gasteiger partial charge in [-0.2, -0.15) is 0 Å². The first-order valence-corrected chi connectivity index (χ1v) is 5.56. The molecule has 0 aliphatic rings. The van der Waals surface area contributed by atoms with Crippen LogP contribution in [0.3, 0.4) is 0 Å². The number of nitrogens with one attached hydrogen (secondary N) is 1. The minimum atomic E-state index is 0.792. The number of hydrogen-bond donors (Lipinski definition) is 1. The Morgan fingerprint density at radius 1 is 1.27 bits per heavy atom. The van der Waals surface area contributed by atoms with Gasteiger partial charge in [-0.1, -0.05) is 24.6 Å². The Balaban J connectivity index is 2.97. The summed E-state index contributed by atoms with van der Waals surface area (Å²) in [7, 11) is 1.96. The lowest BCUT2D eigenvalue weighted by Crippen LogP contribution is -2.09. The molecule has 1 N–H and O–H groups in total. The summed E-state index contributed by atoms with van der Waals surface area (Å²) >= 11 is 0. The molecule has 0 bridgehead atoms. The van der Waals surface area contributed by atoms with E-state index in [2.05, 4.69) is 38.2 Å². The van der Waals surface area contributed by atoms with Crippen LogP contribution in [-0.2, 0) is 6.54 Å². The summed E-state index contributed by atoms with van der Waals surface area (Å²) < 4.78 is 5.78. The minimum absolute atomic E-state index is 0.792. The molecule has 0 saturated heterocycles. The third kappa shape index (κ3) is 3.24. The maximum atomic E-state index is 5.78. The van der Waals surface area contributed by atoms with Gasteiger partial charge < -0.3 is 10.1 Å². The Hall–Kier alpha value is -1.02. The second kappa shape index (κ2) is 5.76. The number of rotatable bonds is 5. The second-order valence-corrected chi connectivity index (χ2v) is 3.95. The van der Waals surface area contributed by atoms with E-state index in [0.29, 0.717) is 0 Å². The first kappa shape index (κ1) is 12.1. The number of benzene rings is 1. The molecule has 0 aromatic heterocycles. The normalized spacial score (nSPS) is 10.4. The molecule has 0 radical (unpaired) electrons. The summed E-state index contributed by atoms with van der Waals surface area (Å²) in [4.78, 5) is 0. The molecule has 1 aromatic rings. The third-order valence-corrected chi connectivity index (χ3v) is 2.31. The largest absolute Gasteiger partial charge is 0.493 e. The molecule has 0 heterocycles. The first-order chi connectivity index (χ1) is 7.19. The van der Waals surface area contributed by atoms with Crippen molar-refractivity contribution >= 4 is 0 Å². The quantitative estimate of drug-likeness (QED) is 0.801. The van der Waals surface area contributed by atoms with E-state index in [9.17, 15) is 0 Å². The van der Waals surface area contributed by atoms with Crippen molar-refractivity contribution in [2.75, 3.05) is 13.7 Å². The summed E-state index contributed by atoms with van der Waals surface area (Å²) in [6, 6.07) is 4.36. The van der Waals surface area contributed by atoms with Crippen LogP contribution in [0.2, 0.25) is 0 Å². The Bertz CT molecular complexity index is 321. The summed E-state index contributed by atoms with van der Waals surface area (Å²) in [5.74, 6) is 1.05. The molecular formula is C13H21NO. The number of hydrogen-bond acceptors (Lipinski definition) is 2. The Morgan fingerprint density at radius 2 is 2.00 bits per heavy atom. The van der Waals surface area contributed by atoms with E-state index < -0.39 is 0 Å². The molecule has 1 aromatic carbocycles. The van der Waals surface area contributed by atoms with E-state index in [4.69, 9.17) is 4.74 Å². The fourth-order valence-electron chi connectivity index (χ4n) is 1.77. The van der Waals surface area contributed by atoms with Gasteiger partial charge >= 0.3 is 0 Å². The zero-order valence-electron chi connectivity index (χ0n) is 10.2. The number of aryl methyl sites for hydroxylation is 2. The lowest BCUT2D eigenvalue weighted by atomic mass is 10.1. The fraction of sp³-hybridized carbons (Fsp3) is 0.538. The smallest absolute Gasteiger partial charge is 0.126 e. The van der Waals surface area contributed by atoms with Gasteiger partial charge in [0.05, 0.1) is 6.61 Å². The Labute approximate surface area is 92.6 Å². The van der Waals surface area contributed by atoms with E-state index in [1.54, 1.807) is 0 Å². The third-order valence-electron chi connectivity index (χ3n) is 2.31. The van der Waals surface area contributed by atoms with Crippen LogP contribution in [0.25, 0.3) is 0 Å². The standard InChI is InChI=1S/C13H21NO/c1-5-6-15-13-11(3)7-10(2)8-12(13)9-14-4/h7-8,14H,5-6,9H2,1-4H3. The van der Waals surface area contributed by atoms with Gasteiger partial charge in [-0.3, -0.25) is 0 Å². The van der Waals surface area contributed by atoms with E-state index in [1.165, 1.54) is 16.7 Å². The molecule has 0 aliphatic carbocycles. The molecule has 0 aliphatic heterocycles. The monoisotopic (exact) mass is 207 g/mol. The van der Waals surface area contributed by atoms with Gasteiger partial charge in [-0.05, 0) is 32.9 Å². The maximum absolute atomic E-state index is 5.78. The zero-order chi connectivity index (χ0) is 11.3. The van der Waals surface area contributed by atoms with Gasteiger partial charge in [0, 0.05) is 12.1 Å². The maximum Gasteiger partial charge on any atom is 0.126 e. The highest BCUT2D eigenvalue weighted by atomic mass is 16.5. The van der Waals surface area contributed by atoms with Crippen LogP contribution in [0, 0.1) is 13.8 Å². The second-order valence-electron chi connectivity index (χ2n) is 3.95. The van der Waals surface area contributed by atoms with Crippen LogP contribution >= 0.6 is 0 Å². The molecule has 2 heteroatoms. The van der Waals surface area contributed by atoms with E-state index >= 15 is 0 Å². The fourth-order valence-corrected chi connectivity index (χ4v) is 1.77. The summed E-state index contributed by atoms with van der Waals surface area (Å²) in [6.45, 7) is 8.01. The molecule has 0 unspecified atom stereocenters. The van der Waals surface area contributed by atoms with Crippen molar-refractivity contribution in [3.8, 4) is 5.75 Å². The Morgan fingerprint density at radius 3 is 2.60 bits per heavy atom. The van der Waals surface area contributed by atoms with Crippen molar-refractivity contribution < 1.29 is 4.74 Å². The molecule has 0 atom stereocenters. The predicted octanol–water partition coefficient (Wildman–Crippen LogP) is 2.81. The first-order valence-electron chi connectivity index (χ1n) is 5.56. The van der Waals surface area contributed by atoms with Gasteiger partial charge in [-0.15, -0.1) is 0 Å². The van der Waals surface area contributed by atoms with E-state index in [0.717, 1.165) is 25.3 Å². The van der Waals surface area contributed by atoms with Crippen LogP contribution < -0.4 is 10.1 Å². The topological polar surface area (TPSA) is 21.3 Å². The molecule has 1 rings (SSSR count). The van der Waals surface area contributed by atoms with Crippen LogP contribution in [0.4, 0.5) is 0 Å². The van der Waals surface area contributed by atoms with Crippen molar-refractivity contribution in [3.63, 3.8) is 0 Å². The average molecular weight is 207 g/mol. The van der Waals surface area contributed by atoms with Gasteiger partial charge in [0.15, 0.2) is 0 Å². The van der Waals surface area contributed by atoms with Crippen LogP contribution in [0.1, 0.15) is 30.0 Å². The highest BCUT2D eigenvalue weighted by Gasteiger charge is 2.07. The summed E-state index contributed by atoms with van der Waals surface area (Å²) in [6.07, 6.45) is 1.05. The van der Waals surface area contributed by atoms with Gasteiger partial charge in [0.25, 0.3) is 0 Å². The summed E-state index contributed by atoms with van der Waals surface area (Å²) in [5, 5.41) is 3.18. The van der Waals surface area contributed by atoms with Crippen molar-refractivity contribution in [1.82, 2.24) is 5.32 Å². The van der Waals surface area contributed by atoms with E-state index in [-0.39, 0.29) is 0 Å². The van der Waals surface area contributed by atoms with Crippen LogP contribution in [0.15, 0.2) is 12.1 Å². The SMILES string of the molecule is CCCOc1c(C)cc(C)cc1CNC. The van der Waals surface area contributed by atoms with Crippen molar-refractivity contribution in [1.29, 1.82) is 0 Å². The van der Waals surface area contributed by atoms with Crippen LogP contribution in [0.5, 0.6) is 5.75 Å². The van der Waals surface area contributed by atoms with Crippen LogP contribution in [-0.4, -0.2) is 13.7 Å². The highest BCUT2D eigenvalue weighted by molar-refractivity contribution is 5.43. The molecule has 15 heavy (non-hydrogen) atoms. The van der Waals surface area contributed by atoms with Gasteiger partial charge in [0.1, 0.15) is 5.75 Å². The van der Waals surface area contributed by atoms with E-state index in [1.807, 2.05) is 7.05 Å². The molecule has 84 valence electrons.